The highest BCUT2D eigenvalue weighted by atomic mass is 32.2. The fraction of sp³-hybridized carbons (Fsp3) is 0.400. The first kappa shape index (κ1) is 14.2. The van der Waals surface area contributed by atoms with Gasteiger partial charge in [0.15, 0.2) is 0 Å². The lowest BCUT2D eigenvalue weighted by Crippen LogP contribution is -2.04. The summed E-state index contributed by atoms with van der Waals surface area (Å²) < 4.78 is 37.4. The Morgan fingerprint density at radius 2 is 1.80 bits per heavy atom. The minimum atomic E-state index is -4.25. The third-order valence-corrected chi connectivity index (χ3v) is 1.87. The van der Waals surface area contributed by atoms with Crippen molar-refractivity contribution in [2.45, 2.75) is 26.3 Å². The number of halogens is 3. The van der Waals surface area contributed by atoms with Crippen molar-refractivity contribution < 1.29 is 13.2 Å². The van der Waals surface area contributed by atoms with E-state index in [0.717, 1.165) is 5.56 Å². The van der Waals surface area contributed by atoms with Gasteiger partial charge in [0.2, 0.25) is 0 Å². The minimum Gasteiger partial charge on any atom is -0.323 e. The molecule has 15 heavy (non-hydrogen) atoms. The normalized spacial score (nSPS) is 10.3. The second kappa shape index (κ2) is 6.61. The van der Waals surface area contributed by atoms with E-state index in [0.29, 0.717) is 5.69 Å². The summed E-state index contributed by atoms with van der Waals surface area (Å²) in [7, 11) is 0. The smallest absolute Gasteiger partial charge is 0.323 e. The first-order chi connectivity index (χ1) is 6.97. The Morgan fingerprint density at radius 1 is 1.20 bits per heavy atom. The quantitative estimate of drug-likeness (QED) is 0.754. The molecule has 0 atom stereocenters. The highest BCUT2D eigenvalue weighted by Gasteiger charge is 2.28. The molecule has 0 aliphatic rings. The van der Waals surface area contributed by atoms with Crippen LogP contribution in [0, 0.1) is 6.92 Å². The van der Waals surface area contributed by atoms with Gasteiger partial charge in [-0.15, -0.1) is 0 Å². The first-order valence-electron chi connectivity index (χ1n) is 4.55. The van der Waals surface area contributed by atoms with Gasteiger partial charge in [0.25, 0.3) is 0 Å². The number of rotatable bonds is 2. The van der Waals surface area contributed by atoms with Crippen LogP contribution in [0.5, 0.6) is 0 Å². The molecule has 1 rings (SSSR count). The molecule has 1 N–H and O–H groups in total. The Balaban J connectivity index is 0.000000921. The van der Waals surface area contributed by atoms with Crippen LogP contribution in [-0.4, -0.2) is 5.51 Å². The molecular weight excluding hydrogens is 223 g/mol. The van der Waals surface area contributed by atoms with Crippen molar-refractivity contribution in [3.8, 4) is 0 Å². The number of hydrogen-bond acceptors (Lipinski definition) is 2. The fourth-order valence-electron chi connectivity index (χ4n) is 0.825. The number of benzene rings is 1. The van der Waals surface area contributed by atoms with E-state index in [-0.39, 0.29) is 11.9 Å². The molecule has 1 nitrogen and oxygen atoms in total. The van der Waals surface area contributed by atoms with Gasteiger partial charge >= 0.3 is 5.51 Å². The topological polar surface area (TPSA) is 12.0 Å². The number of alkyl halides is 3. The van der Waals surface area contributed by atoms with Crippen LogP contribution < -0.4 is 4.72 Å². The van der Waals surface area contributed by atoms with E-state index in [1.807, 2.05) is 26.8 Å². The number of aryl methyl sites for hydroxylation is 1. The highest BCUT2D eigenvalue weighted by Crippen LogP contribution is 2.30. The second-order valence-electron chi connectivity index (χ2n) is 2.52. The third kappa shape index (κ3) is 7.13. The van der Waals surface area contributed by atoms with E-state index < -0.39 is 5.51 Å². The van der Waals surface area contributed by atoms with Crippen molar-refractivity contribution >= 4 is 17.6 Å². The molecule has 1 aromatic carbocycles. The van der Waals surface area contributed by atoms with Gasteiger partial charge in [0, 0.05) is 5.69 Å². The average molecular weight is 237 g/mol. The van der Waals surface area contributed by atoms with Gasteiger partial charge in [0.1, 0.15) is 0 Å². The Labute approximate surface area is 92.2 Å². The summed E-state index contributed by atoms with van der Waals surface area (Å²) in [4.78, 5) is 0. The Bertz CT molecular complexity index is 286. The standard InChI is InChI=1S/C8H8F3NS.C2H6/c1-6-3-2-4-7(5-6)12-13-8(9,10)11;1-2/h2-5,12H,1H3;1-2H3. The molecule has 0 spiro atoms. The molecule has 0 unspecified atom stereocenters. The van der Waals surface area contributed by atoms with Crippen LogP contribution >= 0.6 is 11.9 Å². The van der Waals surface area contributed by atoms with Crippen LogP contribution in [0.2, 0.25) is 0 Å². The molecule has 0 bridgehead atoms. The van der Waals surface area contributed by atoms with E-state index >= 15 is 0 Å². The predicted molar refractivity (Wildman–Crippen MR) is 59.8 cm³/mol. The summed E-state index contributed by atoms with van der Waals surface area (Å²) in [5, 5.41) is 0. The molecule has 0 amide bonds. The van der Waals surface area contributed by atoms with Gasteiger partial charge < -0.3 is 4.72 Å². The van der Waals surface area contributed by atoms with E-state index in [1.165, 1.54) is 0 Å². The molecule has 0 aliphatic heterocycles. The molecule has 5 heteroatoms. The predicted octanol–water partition coefficient (Wildman–Crippen LogP) is 4.60. The van der Waals surface area contributed by atoms with Crippen molar-refractivity contribution in [1.29, 1.82) is 0 Å². The maximum absolute atomic E-state index is 11.7. The van der Waals surface area contributed by atoms with Crippen molar-refractivity contribution in [2.75, 3.05) is 4.72 Å². The molecule has 0 heterocycles. The van der Waals surface area contributed by atoms with E-state index in [1.54, 1.807) is 18.2 Å². The third-order valence-electron chi connectivity index (χ3n) is 1.30. The van der Waals surface area contributed by atoms with Crippen LogP contribution in [0.3, 0.4) is 0 Å². The zero-order chi connectivity index (χ0) is 11.9. The monoisotopic (exact) mass is 237 g/mol. The molecule has 0 saturated carbocycles. The van der Waals surface area contributed by atoms with Crippen LogP contribution in [0.1, 0.15) is 19.4 Å². The fourth-order valence-corrected chi connectivity index (χ4v) is 1.19. The summed E-state index contributed by atoms with van der Waals surface area (Å²) in [6, 6.07) is 6.77. The van der Waals surface area contributed by atoms with Gasteiger partial charge in [-0.3, -0.25) is 0 Å². The second-order valence-corrected chi connectivity index (χ2v) is 3.39. The minimum absolute atomic E-state index is 0.255. The van der Waals surface area contributed by atoms with Crippen LogP contribution in [-0.2, 0) is 0 Å². The average Bonchev–Trinajstić information content (AvgIpc) is 2.17. The van der Waals surface area contributed by atoms with E-state index in [2.05, 4.69) is 4.72 Å². The van der Waals surface area contributed by atoms with Crippen molar-refractivity contribution in [3.05, 3.63) is 29.8 Å². The summed E-state index contributed by atoms with van der Waals surface area (Å²) in [5.74, 6) is 0. The SMILES string of the molecule is CC.Cc1cccc(NSC(F)(F)F)c1. The first-order valence-corrected chi connectivity index (χ1v) is 5.36. The lowest BCUT2D eigenvalue weighted by molar-refractivity contribution is -0.0323. The molecular formula is C10H14F3NS. The van der Waals surface area contributed by atoms with Crippen LogP contribution in [0.15, 0.2) is 24.3 Å². The molecule has 0 saturated heterocycles. The molecule has 1 aromatic rings. The molecule has 0 aromatic heterocycles. The molecule has 0 fully saturated rings. The Morgan fingerprint density at radius 3 is 2.27 bits per heavy atom. The lowest BCUT2D eigenvalue weighted by Gasteiger charge is -2.07. The highest BCUT2D eigenvalue weighted by molar-refractivity contribution is 8.01. The summed E-state index contributed by atoms with van der Waals surface area (Å²) in [6.45, 7) is 5.82. The van der Waals surface area contributed by atoms with Gasteiger partial charge in [-0.25, -0.2) is 0 Å². The number of nitrogens with one attached hydrogen (secondary N) is 1. The lowest BCUT2D eigenvalue weighted by atomic mass is 10.2. The summed E-state index contributed by atoms with van der Waals surface area (Å²) in [6.07, 6.45) is 0. The van der Waals surface area contributed by atoms with E-state index in [9.17, 15) is 13.2 Å². The van der Waals surface area contributed by atoms with Gasteiger partial charge in [-0.05, 0) is 24.6 Å². The Hall–Kier alpha value is -0.840. The summed E-state index contributed by atoms with van der Waals surface area (Å²) >= 11 is -0.255. The van der Waals surface area contributed by atoms with Crippen molar-refractivity contribution in [3.63, 3.8) is 0 Å². The van der Waals surface area contributed by atoms with Crippen molar-refractivity contribution in [2.24, 2.45) is 0 Å². The zero-order valence-corrected chi connectivity index (χ0v) is 9.67. The largest absolute Gasteiger partial charge is 0.461 e. The van der Waals surface area contributed by atoms with Crippen LogP contribution in [0.25, 0.3) is 0 Å². The number of anilines is 1. The van der Waals surface area contributed by atoms with Gasteiger partial charge in [-0.1, -0.05) is 26.0 Å². The Kier molecular flexibility index (Phi) is 6.24. The molecule has 86 valence electrons. The van der Waals surface area contributed by atoms with Crippen molar-refractivity contribution in [1.82, 2.24) is 0 Å². The maximum atomic E-state index is 11.7. The van der Waals surface area contributed by atoms with Crippen LogP contribution in [0.4, 0.5) is 18.9 Å². The van der Waals surface area contributed by atoms with Gasteiger partial charge in [0.05, 0.1) is 11.9 Å². The molecule has 0 radical (unpaired) electrons. The zero-order valence-electron chi connectivity index (χ0n) is 8.85. The maximum Gasteiger partial charge on any atom is 0.461 e. The van der Waals surface area contributed by atoms with Gasteiger partial charge in [-0.2, -0.15) is 13.2 Å². The summed E-state index contributed by atoms with van der Waals surface area (Å²) in [5.41, 5.74) is -2.86. The number of hydrogen-bond donors (Lipinski definition) is 1. The van der Waals surface area contributed by atoms with E-state index in [4.69, 9.17) is 0 Å². The molecule has 0 aliphatic carbocycles.